The fraction of sp³-hybridized carbons (Fsp3) is 0.714. The Morgan fingerprint density at radius 1 is 1.38 bits per heavy atom. The molecule has 6 unspecified atom stereocenters. The third-order valence-electron chi connectivity index (χ3n) is 5.52. The minimum Gasteiger partial charge on any atom is -0.375 e. The van der Waals surface area contributed by atoms with Crippen LogP contribution >= 0.6 is 7.60 Å². The van der Waals surface area contributed by atoms with Gasteiger partial charge in [0, 0.05) is 23.6 Å². The summed E-state index contributed by atoms with van der Waals surface area (Å²) in [5.41, 5.74) is -0.484. The molecule has 2 bridgehead atoms. The normalized spacial score (nSPS) is 37.3. The summed E-state index contributed by atoms with van der Waals surface area (Å²) in [4.78, 5) is 44.3. The maximum atomic E-state index is 12.2. The second-order valence-electron chi connectivity index (χ2n) is 6.92. The lowest BCUT2D eigenvalue weighted by Gasteiger charge is -2.34. The average molecular weight is 358 g/mol. The van der Waals surface area contributed by atoms with Gasteiger partial charge in [-0.25, -0.2) is 4.79 Å². The molecule has 0 radical (unpaired) electrons. The van der Waals surface area contributed by atoms with Gasteiger partial charge in [-0.1, -0.05) is 0 Å². The molecule has 2 aliphatic carbocycles. The second kappa shape index (κ2) is 5.37. The summed E-state index contributed by atoms with van der Waals surface area (Å²) in [5.74, 6) is 0.241. The highest BCUT2D eigenvalue weighted by Gasteiger charge is 2.63. The third-order valence-corrected chi connectivity index (χ3v) is 6.00. The van der Waals surface area contributed by atoms with Gasteiger partial charge in [0.25, 0.3) is 5.56 Å². The SMILES string of the molecule is Cc1cn(C2C3CC4C(COC42)C3OCP(=O)(O)O)c(=O)[nH]c1=O. The monoisotopic (exact) mass is 358 g/mol. The summed E-state index contributed by atoms with van der Waals surface area (Å²) in [6, 6.07) is -0.293. The zero-order valence-electron chi connectivity index (χ0n) is 13.0. The molecule has 1 aromatic heterocycles. The highest BCUT2D eigenvalue weighted by atomic mass is 31.2. The van der Waals surface area contributed by atoms with Crippen LogP contribution in [0, 0.1) is 24.7 Å². The van der Waals surface area contributed by atoms with Crippen LogP contribution in [0.2, 0.25) is 0 Å². The Bertz CT molecular complexity index is 827. The minimum atomic E-state index is -4.26. The Kier molecular flexibility index (Phi) is 3.63. The minimum absolute atomic E-state index is 0.0675. The van der Waals surface area contributed by atoms with Crippen LogP contribution in [0.15, 0.2) is 15.8 Å². The molecule has 4 rings (SSSR count). The lowest BCUT2D eigenvalue weighted by Crippen LogP contribution is -2.44. The number of fused-ring (bicyclic) bond motifs is 1. The van der Waals surface area contributed by atoms with E-state index in [0.717, 1.165) is 6.42 Å². The van der Waals surface area contributed by atoms with Crippen molar-refractivity contribution in [2.45, 2.75) is 31.6 Å². The van der Waals surface area contributed by atoms with Crippen LogP contribution in [0.4, 0.5) is 0 Å². The number of aromatic nitrogens is 2. The van der Waals surface area contributed by atoms with Crippen LogP contribution < -0.4 is 11.2 Å². The Balaban J connectivity index is 1.68. The number of hydrogen-bond donors (Lipinski definition) is 3. The molecule has 3 fully saturated rings. The van der Waals surface area contributed by atoms with E-state index in [1.54, 1.807) is 6.92 Å². The number of rotatable bonds is 4. The van der Waals surface area contributed by atoms with Gasteiger partial charge in [-0.05, 0) is 19.3 Å². The van der Waals surface area contributed by atoms with Crippen molar-refractivity contribution in [2.24, 2.45) is 17.8 Å². The zero-order chi connectivity index (χ0) is 17.2. The van der Waals surface area contributed by atoms with E-state index in [1.165, 1.54) is 10.8 Å². The number of hydrogen-bond acceptors (Lipinski definition) is 5. The lowest BCUT2D eigenvalue weighted by atomic mass is 9.84. The van der Waals surface area contributed by atoms with Gasteiger partial charge in [0.1, 0.15) is 6.35 Å². The number of ether oxygens (including phenoxy) is 2. The van der Waals surface area contributed by atoms with Gasteiger partial charge in [0.2, 0.25) is 0 Å². The van der Waals surface area contributed by atoms with E-state index in [0.29, 0.717) is 12.2 Å². The molecule has 10 heteroatoms. The van der Waals surface area contributed by atoms with Crippen molar-refractivity contribution in [3.8, 4) is 0 Å². The first-order valence-electron chi connectivity index (χ1n) is 7.86. The van der Waals surface area contributed by atoms with E-state index in [-0.39, 0.29) is 36.0 Å². The summed E-state index contributed by atoms with van der Waals surface area (Å²) in [6.07, 6.45) is 1.21. The summed E-state index contributed by atoms with van der Waals surface area (Å²) in [6.45, 7) is 2.09. The molecule has 0 amide bonds. The van der Waals surface area contributed by atoms with E-state index in [4.69, 9.17) is 19.3 Å². The summed E-state index contributed by atoms with van der Waals surface area (Å²) in [5, 5.41) is 0. The Morgan fingerprint density at radius 3 is 2.83 bits per heavy atom. The number of nitrogens with one attached hydrogen (secondary N) is 1. The van der Waals surface area contributed by atoms with Crippen molar-refractivity contribution in [1.29, 1.82) is 0 Å². The molecule has 3 N–H and O–H groups in total. The van der Waals surface area contributed by atoms with E-state index in [1.807, 2.05) is 0 Å². The van der Waals surface area contributed by atoms with Gasteiger partial charge in [0.05, 0.1) is 24.9 Å². The summed E-state index contributed by atoms with van der Waals surface area (Å²) < 4.78 is 24.0. The Hall–Kier alpha value is -1.25. The van der Waals surface area contributed by atoms with Gasteiger partial charge in [-0.15, -0.1) is 0 Å². The van der Waals surface area contributed by atoms with Gasteiger partial charge in [-0.3, -0.25) is 18.9 Å². The van der Waals surface area contributed by atoms with Crippen molar-refractivity contribution in [1.82, 2.24) is 9.55 Å². The quantitative estimate of drug-likeness (QED) is 0.623. The van der Waals surface area contributed by atoms with Gasteiger partial charge in [0.15, 0.2) is 0 Å². The Morgan fingerprint density at radius 2 is 2.12 bits per heavy atom. The van der Waals surface area contributed by atoms with Gasteiger partial charge in [-0.2, -0.15) is 0 Å². The molecule has 3 aliphatic rings. The van der Waals surface area contributed by atoms with E-state index >= 15 is 0 Å². The van der Waals surface area contributed by atoms with Crippen LogP contribution in [0.3, 0.4) is 0 Å². The molecule has 1 aliphatic heterocycles. The van der Waals surface area contributed by atoms with Gasteiger partial charge < -0.3 is 19.3 Å². The molecule has 1 saturated heterocycles. The molecular formula is C14H19N2O7P. The molecule has 9 nitrogen and oxygen atoms in total. The first-order chi connectivity index (χ1) is 11.3. The lowest BCUT2D eigenvalue weighted by molar-refractivity contribution is -0.0116. The fourth-order valence-electron chi connectivity index (χ4n) is 4.66. The van der Waals surface area contributed by atoms with Crippen molar-refractivity contribution in [3.05, 3.63) is 32.6 Å². The van der Waals surface area contributed by atoms with E-state index in [2.05, 4.69) is 4.98 Å². The Labute approximate surface area is 136 Å². The van der Waals surface area contributed by atoms with Crippen molar-refractivity contribution in [2.75, 3.05) is 13.0 Å². The predicted molar refractivity (Wildman–Crippen MR) is 81.7 cm³/mol. The molecule has 1 aromatic rings. The molecule has 132 valence electrons. The predicted octanol–water partition coefficient (Wildman–Crippen LogP) is -0.429. The van der Waals surface area contributed by atoms with Crippen molar-refractivity contribution in [3.63, 3.8) is 0 Å². The highest BCUT2D eigenvalue weighted by molar-refractivity contribution is 7.51. The largest absolute Gasteiger partial charge is 0.375 e. The van der Waals surface area contributed by atoms with Crippen LogP contribution in [-0.4, -0.2) is 44.5 Å². The van der Waals surface area contributed by atoms with E-state index < -0.39 is 25.2 Å². The molecule has 24 heavy (non-hydrogen) atoms. The standard InChI is InChI=1S/C14H19N2O7P/c1-6-3-16(14(18)15-13(6)17)10-8-2-7-9(4-22-12(7)10)11(8)23-5-24(19,20)21/h3,7-12H,2,4-5H2,1H3,(H,15,17,18)(H2,19,20,21). The topological polar surface area (TPSA) is 131 Å². The number of aryl methyl sites for hydroxylation is 1. The maximum absolute atomic E-state index is 12.2. The van der Waals surface area contributed by atoms with Crippen LogP contribution in [0.25, 0.3) is 0 Å². The summed E-state index contributed by atoms with van der Waals surface area (Å²) >= 11 is 0. The molecule has 0 aromatic carbocycles. The van der Waals surface area contributed by atoms with Crippen LogP contribution in [-0.2, 0) is 14.0 Å². The molecular weight excluding hydrogens is 339 g/mol. The van der Waals surface area contributed by atoms with Crippen LogP contribution in [0.1, 0.15) is 18.0 Å². The number of nitrogens with zero attached hydrogens (tertiary/aromatic N) is 1. The number of H-pyrrole nitrogens is 1. The third kappa shape index (κ3) is 2.43. The van der Waals surface area contributed by atoms with Gasteiger partial charge >= 0.3 is 13.3 Å². The number of aromatic amines is 1. The highest BCUT2D eigenvalue weighted by Crippen LogP contribution is 2.59. The first-order valence-corrected chi connectivity index (χ1v) is 9.66. The smallest absolute Gasteiger partial charge is 0.350 e. The van der Waals surface area contributed by atoms with Crippen molar-refractivity contribution < 1.29 is 23.8 Å². The molecule has 6 atom stereocenters. The molecule has 2 saturated carbocycles. The summed E-state index contributed by atoms with van der Waals surface area (Å²) in [7, 11) is -4.26. The van der Waals surface area contributed by atoms with Crippen molar-refractivity contribution >= 4 is 7.60 Å². The zero-order valence-corrected chi connectivity index (χ0v) is 13.9. The average Bonchev–Trinajstić information content (AvgIpc) is 3.09. The van der Waals surface area contributed by atoms with Crippen LogP contribution in [0.5, 0.6) is 0 Å². The first kappa shape index (κ1) is 16.2. The molecule has 2 heterocycles. The second-order valence-corrected chi connectivity index (χ2v) is 8.51. The maximum Gasteiger partial charge on any atom is 0.350 e. The molecule has 0 spiro atoms. The van der Waals surface area contributed by atoms with E-state index in [9.17, 15) is 14.2 Å². The fourth-order valence-corrected chi connectivity index (χ4v) is 5.02.